The van der Waals surface area contributed by atoms with Gasteiger partial charge in [0.2, 0.25) is 5.91 Å². The summed E-state index contributed by atoms with van der Waals surface area (Å²) in [4.78, 5) is 14.0. The molecule has 1 aliphatic carbocycles. The topological polar surface area (TPSA) is 49.8 Å². The Kier molecular flexibility index (Phi) is 5.87. The van der Waals surface area contributed by atoms with Crippen molar-refractivity contribution in [2.24, 2.45) is 5.92 Å². The van der Waals surface area contributed by atoms with Crippen molar-refractivity contribution >= 4 is 5.91 Å². The van der Waals surface area contributed by atoms with Crippen molar-refractivity contribution < 1.29 is 27.8 Å². The molecule has 0 radical (unpaired) electrons. The predicted molar refractivity (Wildman–Crippen MR) is 82.1 cm³/mol. The number of methoxy groups -OCH3 is 1. The molecule has 3 atom stereocenters. The highest BCUT2D eigenvalue weighted by Gasteiger charge is 2.34. The van der Waals surface area contributed by atoms with E-state index in [0.29, 0.717) is 24.8 Å². The summed E-state index contributed by atoms with van der Waals surface area (Å²) in [5.74, 6) is -0.421. The smallest absolute Gasteiger partial charge is 0.390 e. The van der Waals surface area contributed by atoms with Crippen LogP contribution in [0, 0.1) is 5.92 Å². The molecule has 1 fully saturated rings. The number of hydrogen-bond acceptors (Lipinski definition) is 3. The molecule has 1 N–H and O–H groups in total. The SMILES string of the molecule is CO[C@@H]1C[C@H](C(=O)N(C)Cc2cccc(C(F)(F)F)c2)CC[C@@H]1O. The van der Waals surface area contributed by atoms with Crippen LogP contribution in [0.1, 0.15) is 30.4 Å². The molecule has 0 bridgehead atoms. The number of aliphatic hydroxyl groups excluding tert-OH is 1. The Labute approximate surface area is 139 Å². The lowest BCUT2D eigenvalue weighted by Gasteiger charge is -2.33. The fourth-order valence-electron chi connectivity index (χ4n) is 3.10. The largest absolute Gasteiger partial charge is 0.416 e. The molecule has 1 aliphatic rings. The molecule has 0 saturated heterocycles. The van der Waals surface area contributed by atoms with Crippen molar-refractivity contribution in [3.05, 3.63) is 35.4 Å². The standard InChI is InChI=1S/C17H22F3NO3/c1-21(10-11-4-3-5-13(8-11)17(18,19)20)16(23)12-6-7-14(22)15(9-12)24-2/h3-5,8,12,14-15,22H,6-7,9-10H2,1-2H3/t12-,14+,15-/m1/s1. The predicted octanol–water partition coefficient (Wildman–Crippen LogP) is 2.84. The van der Waals surface area contributed by atoms with E-state index in [1.165, 1.54) is 18.1 Å². The van der Waals surface area contributed by atoms with Crippen LogP contribution < -0.4 is 0 Å². The van der Waals surface area contributed by atoms with Crippen LogP contribution in [0.15, 0.2) is 24.3 Å². The van der Waals surface area contributed by atoms with Crippen LogP contribution in [0.2, 0.25) is 0 Å². The van der Waals surface area contributed by atoms with Crippen molar-refractivity contribution in [3.63, 3.8) is 0 Å². The number of benzene rings is 1. The Bertz CT molecular complexity index is 576. The van der Waals surface area contributed by atoms with E-state index in [2.05, 4.69) is 0 Å². The lowest BCUT2D eigenvalue weighted by atomic mass is 9.84. The quantitative estimate of drug-likeness (QED) is 0.913. The third-order valence-electron chi connectivity index (χ3n) is 4.46. The van der Waals surface area contributed by atoms with Crippen LogP contribution >= 0.6 is 0 Å². The van der Waals surface area contributed by atoms with Crippen molar-refractivity contribution in [1.29, 1.82) is 0 Å². The molecule has 24 heavy (non-hydrogen) atoms. The Morgan fingerprint density at radius 3 is 2.71 bits per heavy atom. The summed E-state index contributed by atoms with van der Waals surface area (Å²) in [6, 6.07) is 4.99. The van der Waals surface area contributed by atoms with Crippen LogP contribution in [0.25, 0.3) is 0 Å². The lowest BCUT2D eigenvalue weighted by Crippen LogP contribution is -2.41. The number of alkyl halides is 3. The molecular formula is C17H22F3NO3. The van der Waals surface area contributed by atoms with Crippen molar-refractivity contribution in [1.82, 2.24) is 4.90 Å². The Morgan fingerprint density at radius 1 is 1.38 bits per heavy atom. The van der Waals surface area contributed by atoms with Crippen LogP contribution in [0.5, 0.6) is 0 Å². The highest BCUT2D eigenvalue weighted by atomic mass is 19.4. The van der Waals surface area contributed by atoms with E-state index in [1.807, 2.05) is 0 Å². The van der Waals surface area contributed by atoms with E-state index in [0.717, 1.165) is 12.1 Å². The summed E-state index contributed by atoms with van der Waals surface area (Å²) in [6.07, 6.45) is -3.91. The molecule has 1 aromatic rings. The van der Waals surface area contributed by atoms with Crippen LogP contribution in [-0.2, 0) is 22.3 Å². The molecule has 7 heteroatoms. The van der Waals surface area contributed by atoms with Crippen LogP contribution in [0.4, 0.5) is 13.2 Å². The fraction of sp³-hybridized carbons (Fsp3) is 0.588. The minimum atomic E-state index is -4.40. The van der Waals surface area contributed by atoms with E-state index in [-0.39, 0.29) is 24.5 Å². The zero-order valence-corrected chi connectivity index (χ0v) is 13.7. The number of carbonyl (C=O) groups excluding carboxylic acids is 1. The molecule has 0 aromatic heterocycles. The average Bonchev–Trinajstić information content (AvgIpc) is 2.54. The molecule has 1 amide bonds. The van der Waals surface area contributed by atoms with Gasteiger partial charge in [-0.3, -0.25) is 4.79 Å². The number of amides is 1. The number of rotatable bonds is 4. The van der Waals surface area contributed by atoms with Gasteiger partial charge in [-0.2, -0.15) is 13.2 Å². The number of aliphatic hydroxyl groups is 1. The summed E-state index contributed by atoms with van der Waals surface area (Å²) >= 11 is 0. The number of carbonyl (C=O) groups is 1. The van der Waals surface area contributed by atoms with Crippen molar-refractivity contribution in [2.45, 2.75) is 44.2 Å². The lowest BCUT2D eigenvalue weighted by molar-refractivity contribution is -0.140. The number of ether oxygens (including phenoxy) is 1. The maximum absolute atomic E-state index is 12.8. The Balaban J connectivity index is 2.02. The summed E-state index contributed by atoms with van der Waals surface area (Å²) in [7, 11) is 3.07. The summed E-state index contributed by atoms with van der Waals surface area (Å²) in [5.41, 5.74) is -0.291. The van der Waals surface area contributed by atoms with E-state index in [4.69, 9.17) is 4.74 Å². The van der Waals surface area contributed by atoms with Gasteiger partial charge < -0.3 is 14.7 Å². The van der Waals surface area contributed by atoms with E-state index in [9.17, 15) is 23.1 Å². The highest BCUT2D eigenvalue weighted by Crippen LogP contribution is 2.31. The normalized spacial score (nSPS) is 24.7. The van der Waals surface area contributed by atoms with Crippen molar-refractivity contribution in [3.8, 4) is 0 Å². The second-order valence-corrected chi connectivity index (χ2v) is 6.24. The molecule has 0 aliphatic heterocycles. The van der Waals surface area contributed by atoms with Gasteiger partial charge in [0, 0.05) is 26.6 Å². The first-order valence-corrected chi connectivity index (χ1v) is 7.84. The molecule has 0 spiro atoms. The van der Waals surface area contributed by atoms with Gasteiger partial charge in [-0.05, 0) is 37.0 Å². The molecule has 2 rings (SSSR count). The fourth-order valence-corrected chi connectivity index (χ4v) is 3.10. The first-order chi connectivity index (χ1) is 11.2. The number of halogens is 3. The van der Waals surface area contributed by atoms with Gasteiger partial charge in [0.05, 0.1) is 17.8 Å². The summed E-state index contributed by atoms with van der Waals surface area (Å²) in [6.45, 7) is 0.111. The Morgan fingerprint density at radius 2 is 2.08 bits per heavy atom. The maximum Gasteiger partial charge on any atom is 0.416 e. The number of hydrogen-bond donors (Lipinski definition) is 1. The van der Waals surface area contributed by atoms with E-state index >= 15 is 0 Å². The van der Waals surface area contributed by atoms with Crippen LogP contribution in [-0.4, -0.2) is 42.3 Å². The van der Waals surface area contributed by atoms with E-state index < -0.39 is 17.8 Å². The second-order valence-electron chi connectivity index (χ2n) is 6.24. The monoisotopic (exact) mass is 345 g/mol. The zero-order chi connectivity index (χ0) is 17.9. The van der Waals surface area contributed by atoms with Gasteiger partial charge >= 0.3 is 6.18 Å². The minimum absolute atomic E-state index is 0.111. The molecular weight excluding hydrogens is 323 g/mol. The second kappa shape index (κ2) is 7.53. The Hall–Kier alpha value is -1.60. The van der Waals surface area contributed by atoms with Gasteiger partial charge in [-0.15, -0.1) is 0 Å². The van der Waals surface area contributed by atoms with Crippen molar-refractivity contribution in [2.75, 3.05) is 14.2 Å². The van der Waals surface area contributed by atoms with Gasteiger partial charge in [0.15, 0.2) is 0 Å². The molecule has 1 aromatic carbocycles. The molecule has 1 saturated carbocycles. The number of nitrogens with zero attached hydrogens (tertiary/aromatic N) is 1. The average molecular weight is 345 g/mol. The summed E-state index contributed by atoms with van der Waals surface area (Å²) < 4.78 is 43.5. The first-order valence-electron chi connectivity index (χ1n) is 7.84. The maximum atomic E-state index is 12.8. The molecule has 134 valence electrons. The van der Waals surface area contributed by atoms with Gasteiger partial charge in [-0.1, -0.05) is 12.1 Å². The molecule has 4 nitrogen and oxygen atoms in total. The van der Waals surface area contributed by atoms with E-state index in [1.54, 1.807) is 13.1 Å². The molecule has 0 unspecified atom stereocenters. The summed E-state index contributed by atoms with van der Waals surface area (Å²) in [5, 5.41) is 9.79. The van der Waals surface area contributed by atoms with Crippen LogP contribution in [0.3, 0.4) is 0 Å². The third kappa shape index (κ3) is 4.48. The van der Waals surface area contributed by atoms with Gasteiger partial charge in [-0.25, -0.2) is 0 Å². The third-order valence-corrected chi connectivity index (χ3v) is 4.46. The van der Waals surface area contributed by atoms with Gasteiger partial charge in [0.25, 0.3) is 0 Å². The minimum Gasteiger partial charge on any atom is -0.390 e. The first kappa shape index (κ1) is 18.7. The molecule has 0 heterocycles. The highest BCUT2D eigenvalue weighted by molar-refractivity contribution is 5.78. The van der Waals surface area contributed by atoms with Gasteiger partial charge in [0.1, 0.15) is 0 Å². The zero-order valence-electron chi connectivity index (χ0n) is 13.7.